The van der Waals surface area contributed by atoms with Crippen molar-refractivity contribution >= 4 is 33.4 Å². The van der Waals surface area contributed by atoms with Crippen molar-refractivity contribution in [2.75, 3.05) is 0 Å². The van der Waals surface area contributed by atoms with Crippen LogP contribution in [0.3, 0.4) is 0 Å². The van der Waals surface area contributed by atoms with Crippen molar-refractivity contribution in [1.29, 1.82) is 0 Å². The first kappa shape index (κ1) is 9.48. The largest absolute Gasteiger partial charge is 0.364 e. The van der Waals surface area contributed by atoms with Gasteiger partial charge >= 0.3 is 0 Å². The second-order valence-corrected chi connectivity index (χ2v) is 3.49. The Labute approximate surface area is 83.1 Å². The maximum atomic E-state index is 10.7. The molecule has 0 radical (unpaired) electrons. The van der Waals surface area contributed by atoms with E-state index < -0.39 is 5.91 Å². The minimum Gasteiger partial charge on any atom is -0.364 e. The summed E-state index contributed by atoms with van der Waals surface area (Å²) in [4.78, 5) is 14.5. The SMILES string of the molecule is Cc1c(Br)cnc(C(N)=O)c1Cl. The van der Waals surface area contributed by atoms with Crippen molar-refractivity contribution < 1.29 is 4.79 Å². The van der Waals surface area contributed by atoms with Crippen LogP contribution >= 0.6 is 27.5 Å². The number of rotatable bonds is 1. The molecule has 0 saturated heterocycles. The number of halogens is 2. The summed E-state index contributed by atoms with van der Waals surface area (Å²) in [6, 6.07) is 0. The lowest BCUT2D eigenvalue weighted by molar-refractivity contribution is 0.0995. The Morgan fingerprint density at radius 1 is 1.75 bits per heavy atom. The lowest BCUT2D eigenvalue weighted by Gasteiger charge is -2.03. The summed E-state index contributed by atoms with van der Waals surface area (Å²) in [6.45, 7) is 1.78. The summed E-state index contributed by atoms with van der Waals surface area (Å²) in [6.07, 6.45) is 1.50. The average molecular weight is 249 g/mol. The number of hydrogen-bond donors (Lipinski definition) is 1. The molecule has 1 amide bonds. The Kier molecular flexibility index (Phi) is 2.69. The molecule has 64 valence electrons. The molecule has 1 aromatic heterocycles. The third-order valence-electron chi connectivity index (χ3n) is 1.44. The smallest absolute Gasteiger partial charge is 0.268 e. The Hall–Kier alpha value is -0.610. The molecule has 0 aliphatic heterocycles. The van der Waals surface area contributed by atoms with Crippen LogP contribution in [0.4, 0.5) is 0 Å². The fourth-order valence-electron chi connectivity index (χ4n) is 0.729. The van der Waals surface area contributed by atoms with Gasteiger partial charge in [0.15, 0.2) is 0 Å². The summed E-state index contributed by atoms with van der Waals surface area (Å²) < 4.78 is 0.762. The molecule has 0 aromatic carbocycles. The Bertz CT molecular complexity index is 340. The highest BCUT2D eigenvalue weighted by Gasteiger charge is 2.11. The molecule has 0 aliphatic carbocycles. The van der Waals surface area contributed by atoms with Gasteiger partial charge in [0.2, 0.25) is 0 Å². The van der Waals surface area contributed by atoms with E-state index in [4.69, 9.17) is 17.3 Å². The predicted molar refractivity (Wildman–Crippen MR) is 50.2 cm³/mol. The number of pyridine rings is 1. The zero-order chi connectivity index (χ0) is 9.30. The molecular weight excluding hydrogens is 243 g/mol. The second-order valence-electron chi connectivity index (χ2n) is 2.26. The third kappa shape index (κ3) is 1.59. The molecule has 0 aliphatic rings. The highest BCUT2D eigenvalue weighted by atomic mass is 79.9. The average Bonchev–Trinajstić information content (AvgIpc) is 2.00. The molecule has 2 N–H and O–H groups in total. The molecule has 0 saturated carbocycles. The highest BCUT2D eigenvalue weighted by Crippen LogP contribution is 2.24. The molecule has 1 heterocycles. The third-order valence-corrected chi connectivity index (χ3v) is 2.70. The fourth-order valence-corrected chi connectivity index (χ4v) is 1.39. The monoisotopic (exact) mass is 248 g/mol. The van der Waals surface area contributed by atoms with Gasteiger partial charge in [0.1, 0.15) is 5.69 Å². The van der Waals surface area contributed by atoms with Crippen molar-refractivity contribution in [2.24, 2.45) is 5.73 Å². The summed E-state index contributed by atoms with van der Waals surface area (Å²) >= 11 is 9.03. The van der Waals surface area contributed by atoms with E-state index in [1.807, 2.05) is 0 Å². The van der Waals surface area contributed by atoms with Crippen LogP contribution in [0.1, 0.15) is 16.1 Å². The predicted octanol–water partition coefficient (Wildman–Crippen LogP) is 1.90. The van der Waals surface area contributed by atoms with Gasteiger partial charge in [-0.15, -0.1) is 0 Å². The zero-order valence-corrected chi connectivity index (χ0v) is 8.61. The molecule has 12 heavy (non-hydrogen) atoms. The molecule has 0 bridgehead atoms. The lowest BCUT2D eigenvalue weighted by Crippen LogP contribution is -2.14. The van der Waals surface area contributed by atoms with E-state index >= 15 is 0 Å². The van der Waals surface area contributed by atoms with Gasteiger partial charge in [0.05, 0.1) is 5.02 Å². The van der Waals surface area contributed by atoms with Crippen LogP contribution in [0.2, 0.25) is 5.02 Å². The van der Waals surface area contributed by atoms with Gasteiger partial charge in [-0.2, -0.15) is 0 Å². The number of primary amides is 1. The number of amides is 1. The van der Waals surface area contributed by atoms with Crippen LogP contribution in [0, 0.1) is 6.92 Å². The molecule has 0 fully saturated rings. The summed E-state index contributed by atoms with van der Waals surface area (Å²) in [5.41, 5.74) is 5.91. The van der Waals surface area contributed by atoms with Crippen LogP contribution in [0.15, 0.2) is 10.7 Å². The van der Waals surface area contributed by atoms with Gasteiger partial charge in [-0.25, -0.2) is 4.98 Å². The molecule has 0 atom stereocenters. The van der Waals surface area contributed by atoms with Crippen LogP contribution < -0.4 is 5.73 Å². The number of carbonyl (C=O) groups excluding carboxylic acids is 1. The van der Waals surface area contributed by atoms with Gasteiger partial charge in [-0.1, -0.05) is 11.6 Å². The van der Waals surface area contributed by atoms with E-state index in [2.05, 4.69) is 20.9 Å². The highest BCUT2D eigenvalue weighted by molar-refractivity contribution is 9.10. The summed E-state index contributed by atoms with van der Waals surface area (Å²) in [5.74, 6) is -0.615. The van der Waals surface area contributed by atoms with Crippen LogP contribution in [-0.2, 0) is 0 Å². The van der Waals surface area contributed by atoms with Crippen molar-refractivity contribution in [3.63, 3.8) is 0 Å². The van der Waals surface area contributed by atoms with E-state index in [0.29, 0.717) is 5.02 Å². The number of aromatic nitrogens is 1. The number of carbonyl (C=O) groups is 1. The number of nitrogens with two attached hydrogens (primary N) is 1. The van der Waals surface area contributed by atoms with Gasteiger partial charge < -0.3 is 5.73 Å². The first-order chi connectivity index (χ1) is 5.54. The van der Waals surface area contributed by atoms with E-state index in [1.54, 1.807) is 6.92 Å². The van der Waals surface area contributed by atoms with E-state index in [-0.39, 0.29) is 5.69 Å². The van der Waals surface area contributed by atoms with Crippen LogP contribution in [-0.4, -0.2) is 10.9 Å². The van der Waals surface area contributed by atoms with Crippen molar-refractivity contribution in [2.45, 2.75) is 6.92 Å². The van der Waals surface area contributed by atoms with E-state index in [9.17, 15) is 4.79 Å². The van der Waals surface area contributed by atoms with E-state index in [1.165, 1.54) is 6.20 Å². The molecule has 3 nitrogen and oxygen atoms in total. The Morgan fingerprint density at radius 3 is 2.83 bits per heavy atom. The van der Waals surface area contributed by atoms with Crippen LogP contribution in [0.5, 0.6) is 0 Å². The standard InChI is InChI=1S/C7H6BrClN2O/c1-3-4(8)2-11-6(5(3)9)7(10)12/h2H,1H3,(H2,10,12). The topological polar surface area (TPSA) is 56.0 Å². The maximum Gasteiger partial charge on any atom is 0.268 e. The van der Waals surface area contributed by atoms with Gasteiger partial charge in [-0.05, 0) is 28.4 Å². The zero-order valence-electron chi connectivity index (χ0n) is 6.27. The molecule has 1 rings (SSSR count). The molecule has 5 heteroatoms. The molecular formula is C7H6BrClN2O. The van der Waals surface area contributed by atoms with Gasteiger partial charge in [0.25, 0.3) is 5.91 Å². The van der Waals surface area contributed by atoms with Crippen molar-refractivity contribution in [3.8, 4) is 0 Å². The second kappa shape index (κ2) is 3.41. The number of hydrogen-bond acceptors (Lipinski definition) is 2. The van der Waals surface area contributed by atoms with Gasteiger partial charge in [-0.3, -0.25) is 4.79 Å². The molecule has 0 spiro atoms. The van der Waals surface area contributed by atoms with Gasteiger partial charge in [0, 0.05) is 10.7 Å². The normalized spacial score (nSPS) is 9.92. The molecule has 1 aromatic rings. The Morgan fingerprint density at radius 2 is 2.33 bits per heavy atom. The summed E-state index contributed by atoms with van der Waals surface area (Å²) in [5, 5.41) is 0.303. The summed E-state index contributed by atoms with van der Waals surface area (Å²) in [7, 11) is 0. The van der Waals surface area contributed by atoms with E-state index in [0.717, 1.165) is 10.0 Å². The minimum absolute atomic E-state index is 0.109. The van der Waals surface area contributed by atoms with Crippen molar-refractivity contribution in [1.82, 2.24) is 4.98 Å². The first-order valence-electron chi connectivity index (χ1n) is 3.14. The maximum absolute atomic E-state index is 10.7. The Balaban J connectivity index is 3.36. The number of nitrogens with zero attached hydrogens (tertiary/aromatic N) is 1. The van der Waals surface area contributed by atoms with Crippen LogP contribution in [0.25, 0.3) is 0 Å². The lowest BCUT2D eigenvalue weighted by atomic mass is 10.2. The minimum atomic E-state index is -0.615. The first-order valence-corrected chi connectivity index (χ1v) is 4.31. The quantitative estimate of drug-likeness (QED) is 0.826. The fraction of sp³-hybridized carbons (Fsp3) is 0.143. The molecule has 0 unspecified atom stereocenters. The van der Waals surface area contributed by atoms with Crippen molar-refractivity contribution in [3.05, 3.63) is 26.9 Å².